The Balaban J connectivity index is 0.000000426. The van der Waals surface area contributed by atoms with Crippen molar-refractivity contribution < 1.29 is 37.3 Å². The number of alkyl halides is 3. The first-order valence-electron chi connectivity index (χ1n) is 12.0. The van der Waals surface area contributed by atoms with Gasteiger partial charge < -0.3 is 19.5 Å². The van der Waals surface area contributed by atoms with E-state index in [1.807, 2.05) is 53.4 Å². The Morgan fingerprint density at radius 1 is 1.00 bits per heavy atom. The summed E-state index contributed by atoms with van der Waals surface area (Å²) in [7, 11) is 3.34. The lowest BCUT2D eigenvalue weighted by molar-refractivity contribution is -0.192. The summed E-state index contributed by atoms with van der Waals surface area (Å²) >= 11 is 0. The molecule has 11 heteroatoms. The molecule has 1 aliphatic heterocycles. The molecular formula is C27H28F3N3O5. The van der Waals surface area contributed by atoms with Crippen LogP contribution in [0.5, 0.6) is 11.5 Å². The number of halogens is 3. The lowest BCUT2D eigenvalue weighted by Crippen LogP contribution is -2.40. The number of methoxy groups -OCH3 is 2. The van der Waals surface area contributed by atoms with Gasteiger partial charge in [0, 0.05) is 36.3 Å². The first kappa shape index (κ1) is 27.0. The van der Waals surface area contributed by atoms with Crippen molar-refractivity contribution in [2.24, 2.45) is 0 Å². The summed E-state index contributed by atoms with van der Waals surface area (Å²) in [4.78, 5) is 24.5. The third-order valence-corrected chi connectivity index (χ3v) is 6.91. The van der Waals surface area contributed by atoms with Crippen molar-refractivity contribution in [2.45, 2.75) is 37.3 Å². The molecule has 1 aromatic heterocycles. The molecule has 8 nitrogen and oxygen atoms in total. The molecule has 2 N–H and O–H groups in total. The third kappa shape index (κ3) is 5.46. The van der Waals surface area contributed by atoms with Crippen LogP contribution in [-0.4, -0.2) is 65.6 Å². The van der Waals surface area contributed by atoms with E-state index < -0.39 is 12.1 Å². The second-order valence-electron chi connectivity index (χ2n) is 9.14. The number of H-pyrrole nitrogens is 1. The first-order valence-corrected chi connectivity index (χ1v) is 12.0. The molecule has 1 fully saturated rings. The molecule has 202 valence electrons. The van der Waals surface area contributed by atoms with Crippen molar-refractivity contribution in [1.29, 1.82) is 0 Å². The van der Waals surface area contributed by atoms with E-state index >= 15 is 0 Å². The van der Waals surface area contributed by atoms with Crippen molar-refractivity contribution in [3.05, 3.63) is 65.4 Å². The van der Waals surface area contributed by atoms with Gasteiger partial charge in [-0.2, -0.15) is 18.3 Å². The molecule has 0 radical (unpaired) electrons. The standard InChI is InChI=1S/C25H27N3O3.C2HF3O2/c1-30-18-9-7-17(8-10-18)25(13-14-25)24(29)28-15-11-19-21(12-16-28)26-27-23(19)20-5-3-4-6-22(20)31-2;3-2(4,5)1(6)7/h3-10H,11-16H2,1-2H3,(H,26,27);(H,6,7). The highest BCUT2D eigenvalue weighted by Crippen LogP contribution is 2.50. The minimum absolute atomic E-state index is 0.245. The first-order chi connectivity index (χ1) is 18.1. The van der Waals surface area contributed by atoms with Crippen LogP contribution in [0.15, 0.2) is 48.5 Å². The Morgan fingerprint density at radius 3 is 2.21 bits per heavy atom. The van der Waals surface area contributed by atoms with Crippen molar-refractivity contribution in [3.8, 4) is 22.8 Å². The average Bonchev–Trinajstić information content (AvgIpc) is 3.67. The number of hydrogen-bond donors (Lipinski definition) is 2. The zero-order chi connectivity index (χ0) is 27.5. The predicted molar refractivity (Wildman–Crippen MR) is 132 cm³/mol. The monoisotopic (exact) mass is 531 g/mol. The second kappa shape index (κ2) is 10.8. The summed E-state index contributed by atoms with van der Waals surface area (Å²) in [5.74, 6) is -0.885. The topological polar surface area (TPSA) is 105 Å². The van der Waals surface area contributed by atoms with Gasteiger partial charge in [0.15, 0.2) is 0 Å². The number of benzene rings is 2. The van der Waals surface area contributed by atoms with Gasteiger partial charge in [0.2, 0.25) is 5.91 Å². The number of hydrogen-bond acceptors (Lipinski definition) is 5. The van der Waals surface area contributed by atoms with Crippen molar-refractivity contribution in [1.82, 2.24) is 15.1 Å². The number of nitrogens with zero attached hydrogens (tertiary/aromatic N) is 2. The highest BCUT2D eigenvalue weighted by molar-refractivity contribution is 5.91. The van der Waals surface area contributed by atoms with Crippen LogP contribution in [0.3, 0.4) is 0 Å². The van der Waals surface area contributed by atoms with Crippen LogP contribution in [-0.2, 0) is 27.8 Å². The Morgan fingerprint density at radius 2 is 1.63 bits per heavy atom. The number of carboxylic acid groups (broad SMARTS) is 1. The van der Waals surface area contributed by atoms with Gasteiger partial charge in [0.1, 0.15) is 11.5 Å². The fourth-order valence-electron chi connectivity index (χ4n) is 4.71. The van der Waals surface area contributed by atoms with Crippen LogP contribution < -0.4 is 9.47 Å². The molecule has 0 spiro atoms. The molecule has 0 saturated heterocycles. The van der Waals surface area contributed by atoms with Crippen LogP contribution in [0.25, 0.3) is 11.3 Å². The van der Waals surface area contributed by atoms with Crippen molar-refractivity contribution >= 4 is 11.9 Å². The predicted octanol–water partition coefficient (Wildman–Crippen LogP) is 4.39. The van der Waals surface area contributed by atoms with E-state index in [4.69, 9.17) is 19.4 Å². The number of amides is 1. The molecule has 5 rings (SSSR count). The summed E-state index contributed by atoms with van der Waals surface area (Å²) in [5, 5.41) is 14.9. The highest BCUT2D eigenvalue weighted by atomic mass is 19.4. The van der Waals surface area contributed by atoms with Gasteiger partial charge in [0.25, 0.3) is 0 Å². The zero-order valence-corrected chi connectivity index (χ0v) is 21.0. The van der Waals surface area contributed by atoms with Gasteiger partial charge in [-0.15, -0.1) is 0 Å². The molecule has 3 aromatic rings. The van der Waals surface area contributed by atoms with Crippen LogP contribution in [0, 0.1) is 0 Å². The van der Waals surface area contributed by atoms with Gasteiger partial charge in [-0.05, 0) is 49.1 Å². The molecule has 0 atom stereocenters. The number of para-hydroxylation sites is 1. The Labute approximate surface area is 217 Å². The molecule has 2 aromatic carbocycles. The zero-order valence-electron chi connectivity index (χ0n) is 21.0. The number of aromatic amines is 1. The molecule has 0 unspecified atom stereocenters. The van der Waals surface area contributed by atoms with E-state index in [1.165, 1.54) is 5.56 Å². The van der Waals surface area contributed by atoms with E-state index in [-0.39, 0.29) is 11.3 Å². The fraction of sp³-hybridized carbons (Fsp3) is 0.370. The summed E-state index contributed by atoms with van der Waals surface area (Å²) in [6, 6.07) is 15.9. The summed E-state index contributed by atoms with van der Waals surface area (Å²) in [6.07, 6.45) is -1.70. The maximum absolute atomic E-state index is 13.6. The number of carboxylic acids is 1. The number of aromatic nitrogens is 2. The van der Waals surface area contributed by atoms with Gasteiger partial charge in [-0.25, -0.2) is 4.79 Å². The maximum Gasteiger partial charge on any atom is 0.490 e. The van der Waals surface area contributed by atoms with E-state index in [2.05, 4.69) is 10.2 Å². The van der Waals surface area contributed by atoms with Gasteiger partial charge >= 0.3 is 12.1 Å². The lowest BCUT2D eigenvalue weighted by atomic mass is 9.94. The second-order valence-corrected chi connectivity index (χ2v) is 9.14. The maximum atomic E-state index is 13.6. The minimum atomic E-state index is -5.08. The summed E-state index contributed by atoms with van der Waals surface area (Å²) in [6.45, 7) is 1.41. The van der Waals surface area contributed by atoms with Crippen molar-refractivity contribution in [2.75, 3.05) is 27.3 Å². The normalized spacial score (nSPS) is 15.9. The van der Waals surface area contributed by atoms with Gasteiger partial charge in [0.05, 0.1) is 25.3 Å². The van der Waals surface area contributed by atoms with Gasteiger partial charge in [-0.1, -0.05) is 24.3 Å². The Kier molecular flexibility index (Phi) is 7.66. The lowest BCUT2D eigenvalue weighted by Gasteiger charge is -2.26. The molecule has 1 saturated carbocycles. The number of carbonyl (C=O) groups excluding carboxylic acids is 1. The number of carbonyl (C=O) groups is 2. The highest BCUT2D eigenvalue weighted by Gasteiger charge is 2.53. The largest absolute Gasteiger partial charge is 0.497 e. The van der Waals surface area contributed by atoms with E-state index in [0.29, 0.717) is 13.1 Å². The van der Waals surface area contributed by atoms with Crippen LogP contribution in [0.1, 0.15) is 29.7 Å². The van der Waals surface area contributed by atoms with Crippen molar-refractivity contribution in [3.63, 3.8) is 0 Å². The number of rotatable bonds is 5. The number of aliphatic carboxylic acids is 1. The quantitative estimate of drug-likeness (QED) is 0.506. The van der Waals surface area contributed by atoms with Crippen LogP contribution in [0.4, 0.5) is 13.2 Å². The molecule has 2 aliphatic rings. The molecule has 0 bridgehead atoms. The average molecular weight is 532 g/mol. The Hall–Kier alpha value is -4.02. The SMILES string of the molecule is COc1ccc(C2(C(=O)N3CCc4[nH]nc(-c5ccccc5OC)c4CC3)CC2)cc1.O=C(O)C(F)(F)F. The number of fused-ring (bicyclic) bond motifs is 1. The van der Waals surface area contributed by atoms with Gasteiger partial charge in [-0.3, -0.25) is 9.89 Å². The summed E-state index contributed by atoms with van der Waals surface area (Å²) < 4.78 is 42.6. The van der Waals surface area contributed by atoms with Crippen LogP contribution >= 0.6 is 0 Å². The smallest absolute Gasteiger partial charge is 0.490 e. The molecule has 1 amide bonds. The third-order valence-electron chi connectivity index (χ3n) is 6.91. The molecule has 38 heavy (non-hydrogen) atoms. The number of nitrogens with one attached hydrogen (secondary N) is 1. The summed E-state index contributed by atoms with van der Waals surface area (Å²) in [5.41, 5.74) is 4.95. The fourth-order valence-corrected chi connectivity index (χ4v) is 4.71. The molecule has 1 aliphatic carbocycles. The van der Waals surface area contributed by atoms with E-state index in [1.54, 1.807) is 14.2 Å². The van der Waals surface area contributed by atoms with Crippen LogP contribution in [0.2, 0.25) is 0 Å². The molecule has 2 heterocycles. The van der Waals surface area contributed by atoms with E-state index in [0.717, 1.165) is 59.7 Å². The Bertz CT molecular complexity index is 1300. The molecular weight excluding hydrogens is 503 g/mol. The minimum Gasteiger partial charge on any atom is -0.497 e. The van der Waals surface area contributed by atoms with E-state index in [9.17, 15) is 18.0 Å². The number of ether oxygens (including phenoxy) is 2.